The van der Waals surface area contributed by atoms with Gasteiger partial charge in [0.2, 0.25) is 0 Å². The zero-order valence-corrected chi connectivity index (χ0v) is 8.33. The molecule has 5 N–H and O–H groups in total. The van der Waals surface area contributed by atoms with Crippen LogP contribution in [-0.4, -0.2) is 5.01 Å². The number of hydrogen-bond donors (Lipinski definition) is 3. The second-order valence-electron chi connectivity index (χ2n) is 3.11. The molecule has 2 rings (SSSR count). The van der Waals surface area contributed by atoms with E-state index in [1.807, 2.05) is 35.0 Å². The topological polar surface area (TPSA) is 57.9 Å². The van der Waals surface area contributed by atoms with Crippen LogP contribution >= 0.6 is 11.6 Å². The smallest absolute Gasteiger partial charge is 0.131 e. The van der Waals surface area contributed by atoms with Crippen LogP contribution in [0.1, 0.15) is 5.56 Å². The highest BCUT2D eigenvalue weighted by Gasteiger charge is 2.08. The molecule has 0 saturated carbocycles. The van der Waals surface area contributed by atoms with Crippen LogP contribution in [0.5, 0.6) is 0 Å². The summed E-state index contributed by atoms with van der Waals surface area (Å²) >= 11 is 5.80. The first-order chi connectivity index (χ1) is 6.75. The van der Waals surface area contributed by atoms with Gasteiger partial charge in [-0.15, -0.1) is 0 Å². The number of halogens is 1. The lowest BCUT2D eigenvalue weighted by Gasteiger charge is -2.13. The summed E-state index contributed by atoms with van der Waals surface area (Å²) < 4.78 is 0. The molecule has 0 spiro atoms. The Morgan fingerprint density at radius 3 is 3.00 bits per heavy atom. The first-order valence-electron chi connectivity index (χ1n) is 4.32. The molecule has 1 aliphatic heterocycles. The molecule has 1 aromatic rings. The fourth-order valence-corrected chi connectivity index (χ4v) is 1.50. The predicted molar refractivity (Wildman–Crippen MR) is 55.6 cm³/mol. The molecule has 0 unspecified atom stereocenters. The highest BCUT2D eigenvalue weighted by Crippen LogP contribution is 2.19. The molecular weight excluding hydrogens is 200 g/mol. The molecule has 0 saturated heterocycles. The van der Waals surface area contributed by atoms with Gasteiger partial charge in [-0.1, -0.05) is 23.2 Å². The highest BCUT2D eigenvalue weighted by molar-refractivity contribution is 6.30. The van der Waals surface area contributed by atoms with Gasteiger partial charge in [0.15, 0.2) is 0 Å². The van der Waals surface area contributed by atoms with Gasteiger partial charge in [0, 0.05) is 10.7 Å². The van der Waals surface area contributed by atoms with Gasteiger partial charge in [0.25, 0.3) is 0 Å². The van der Waals surface area contributed by atoms with Gasteiger partial charge in [0.1, 0.15) is 6.20 Å². The Balaban J connectivity index is 2.12. The average Bonchev–Trinajstić information content (AvgIpc) is 2.62. The molecule has 0 amide bonds. The Morgan fingerprint density at radius 2 is 2.36 bits per heavy atom. The van der Waals surface area contributed by atoms with Crippen LogP contribution in [0.2, 0.25) is 5.02 Å². The van der Waals surface area contributed by atoms with Gasteiger partial charge in [0.05, 0.1) is 12.7 Å². The molecule has 14 heavy (non-hydrogen) atoms. The number of rotatable bonds is 2. The summed E-state index contributed by atoms with van der Waals surface area (Å²) in [5.74, 6) is 0. The molecule has 74 valence electrons. The molecule has 0 bridgehead atoms. The van der Waals surface area contributed by atoms with E-state index in [9.17, 15) is 0 Å². The van der Waals surface area contributed by atoms with Crippen molar-refractivity contribution in [3.63, 3.8) is 0 Å². The van der Waals surface area contributed by atoms with E-state index in [4.69, 9.17) is 17.3 Å². The molecule has 1 aliphatic rings. The number of nitrogen functional groups attached to an aromatic ring is 1. The number of nitrogens with two attached hydrogens (primary N) is 2. The molecule has 1 heterocycles. The van der Waals surface area contributed by atoms with Crippen LogP contribution < -0.4 is 16.7 Å². The van der Waals surface area contributed by atoms with Crippen LogP contribution in [0.15, 0.2) is 30.6 Å². The molecule has 0 aliphatic carbocycles. The number of nitrogens with zero attached hydrogens (tertiary/aromatic N) is 1. The Bertz CT molecular complexity index is 364. The van der Waals surface area contributed by atoms with Crippen molar-refractivity contribution in [2.75, 3.05) is 5.73 Å². The van der Waals surface area contributed by atoms with Gasteiger partial charge >= 0.3 is 0 Å². The highest BCUT2D eigenvalue weighted by atomic mass is 35.5. The summed E-state index contributed by atoms with van der Waals surface area (Å²) in [5, 5.41) is 2.61. The largest absolute Gasteiger partial charge is 0.398 e. The van der Waals surface area contributed by atoms with E-state index >= 15 is 0 Å². The van der Waals surface area contributed by atoms with Crippen molar-refractivity contribution >= 4 is 17.3 Å². The van der Waals surface area contributed by atoms with Crippen molar-refractivity contribution in [1.29, 1.82) is 0 Å². The van der Waals surface area contributed by atoms with Crippen LogP contribution in [0.4, 0.5) is 5.69 Å². The van der Waals surface area contributed by atoms with Gasteiger partial charge in [-0.25, -0.2) is 5.43 Å². The molecule has 4 nitrogen and oxygen atoms in total. The molecular formula is C9H12ClN4+. The quantitative estimate of drug-likeness (QED) is 0.484. The lowest BCUT2D eigenvalue weighted by atomic mass is 10.2. The molecule has 0 fully saturated rings. The third kappa shape index (κ3) is 1.98. The second-order valence-corrected chi connectivity index (χ2v) is 3.54. The van der Waals surface area contributed by atoms with Gasteiger partial charge in [-0.05, 0) is 17.7 Å². The molecule has 0 atom stereocenters. The van der Waals surface area contributed by atoms with Crippen molar-refractivity contribution in [1.82, 2.24) is 10.5 Å². The van der Waals surface area contributed by atoms with Gasteiger partial charge < -0.3 is 5.73 Å². The van der Waals surface area contributed by atoms with E-state index in [1.165, 1.54) is 0 Å². The number of nitrogens with one attached hydrogen (secondary N) is 1. The van der Waals surface area contributed by atoms with E-state index in [-0.39, 0.29) is 0 Å². The lowest BCUT2D eigenvalue weighted by molar-refractivity contribution is -0.661. The van der Waals surface area contributed by atoms with Gasteiger partial charge in [-0.3, -0.25) is 5.01 Å². The maximum atomic E-state index is 5.83. The maximum absolute atomic E-state index is 5.83. The van der Waals surface area contributed by atoms with Crippen LogP contribution in [0.3, 0.4) is 0 Å². The Labute approximate surface area is 87.3 Å². The standard InChI is InChI=1S/C9H11ClN4/c10-8-2-1-7(9(11)5-8)6-14-4-3-12-13-14/h1-5,12-13H,6,11H2/p+1. The fourth-order valence-electron chi connectivity index (χ4n) is 1.32. The molecule has 0 aromatic heterocycles. The van der Waals surface area contributed by atoms with Gasteiger partial charge in [-0.2, -0.15) is 0 Å². The number of hydrogen-bond acceptors (Lipinski definition) is 3. The number of hydrazine groups is 1. The van der Waals surface area contributed by atoms with E-state index in [1.54, 1.807) is 6.07 Å². The van der Waals surface area contributed by atoms with E-state index in [0.717, 1.165) is 17.8 Å². The summed E-state index contributed by atoms with van der Waals surface area (Å²) in [5.41, 5.74) is 12.5. The fraction of sp³-hybridized carbons (Fsp3) is 0.111. The summed E-state index contributed by atoms with van der Waals surface area (Å²) in [4.78, 5) is 0. The van der Waals surface area contributed by atoms with E-state index < -0.39 is 0 Å². The zero-order chi connectivity index (χ0) is 9.97. The molecule has 0 radical (unpaired) electrons. The SMILES string of the molecule is Nc1cc(Cl)ccc1CN1C=C[NH2+]N1. The monoisotopic (exact) mass is 211 g/mol. The van der Waals surface area contributed by atoms with E-state index in [0.29, 0.717) is 5.02 Å². The minimum atomic E-state index is 0.669. The molecule has 5 heteroatoms. The first-order valence-corrected chi connectivity index (χ1v) is 4.70. The lowest BCUT2D eigenvalue weighted by Crippen LogP contribution is -2.87. The summed E-state index contributed by atoms with van der Waals surface area (Å²) in [7, 11) is 0. The predicted octanol–water partition coefficient (Wildman–Crippen LogP) is 0.192. The summed E-state index contributed by atoms with van der Waals surface area (Å²) in [6, 6.07) is 5.54. The summed E-state index contributed by atoms with van der Waals surface area (Å²) in [6.07, 6.45) is 3.89. The Morgan fingerprint density at radius 1 is 1.50 bits per heavy atom. The van der Waals surface area contributed by atoms with Crippen molar-refractivity contribution in [2.45, 2.75) is 6.54 Å². The van der Waals surface area contributed by atoms with Crippen molar-refractivity contribution in [2.24, 2.45) is 0 Å². The third-order valence-electron chi connectivity index (χ3n) is 2.05. The van der Waals surface area contributed by atoms with Crippen LogP contribution in [-0.2, 0) is 6.54 Å². The number of anilines is 1. The normalized spacial score (nSPS) is 15.1. The summed E-state index contributed by atoms with van der Waals surface area (Å²) in [6.45, 7) is 0.732. The molecule has 1 aromatic carbocycles. The third-order valence-corrected chi connectivity index (χ3v) is 2.29. The number of benzene rings is 1. The van der Waals surface area contributed by atoms with Crippen LogP contribution in [0, 0.1) is 0 Å². The average molecular weight is 212 g/mol. The first kappa shape index (κ1) is 9.33. The minimum absolute atomic E-state index is 0.669. The number of quaternary nitrogens is 1. The minimum Gasteiger partial charge on any atom is -0.398 e. The second kappa shape index (κ2) is 3.88. The Kier molecular flexibility index (Phi) is 2.58. The van der Waals surface area contributed by atoms with E-state index in [2.05, 4.69) is 5.53 Å². The van der Waals surface area contributed by atoms with Crippen molar-refractivity contribution in [3.05, 3.63) is 41.2 Å². The van der Waals surface area contributed by atoms with Crippen molar-refractivity contribution in [3.8, 4) is 0 Å². The maximum Gasteiger partial charge on any atom is 0.131 e. The Hall–Kier alpha value is -1.23. The van der Waals surface area contributed by atoms with Crippen LogP contribution in [0.25, 0.3) is 0 Å². The zero-order valence-electron chi connectivity index (χ0n) is 7.57. The van der Waals surface area contributed by atoms with Crippen molar-refractivity contribution < 1.29 is 5.43 Å².